The minimum atomic E-state index is -0.481. The number of hydrazone groups is 1. The molecule has 2 aromatic carbocycles. The summed E-state index contributed by atoms with van der Waals surface area (Å²) in [5.74, 6) is 1.85. The summed E-state index contributed by atoms with van der Waals surface area (Å²) >= 11 is 5.13. The first-order valence-corrected chi connectivity index (χ1v) is 9.46. The molecular weight excluding hydrogens is 392 g/mol. The van der Waals surface area contributed by atoms with Crippen LogP contribution in [0.25, 0.3) is 0 Å². The maximum atomic E-state index is 11.0. The Morgan fingerprint density at radius 1 is 1.28 bits per heavy atom. The van der Waals surface area contributed by atoms with E-state index in [1.165, 1.54) is 6.07 Å². The molecule has 29 heavy (non-hydrogen) atoms. The molecule has 0 bridgehead atoms. The fraction of sp³-hybridized carbons (Fsp3) is 0.300. The van der Waals surface area contributed by atoms with Crippen LogP contribution < -0.4 is 20.2 Å². The molecule has 9 heteroatoms. The van der Waals surface area contributed by atoms with E-state index in [0.717, 1.165) is 12.0 Å². The van der Waals surface area contributed by atoms with E-state index >= 15 is 0 Å². The summed E-state index contributed by atoms with van der Waals surface area (Å²) in [4.78, 5) is 10.6. The molecule has 0 aliphatic carbocycles. The van der Waals surface area contributed by atoms with Crippen LogP contribution in [0.1, 0.15) is 25.8 Å². The number of methoxy groups -OCH3 is 1. The highest BCUT2D eigenvalue weighted by atomic mass is 32.1. The van der Waals surface area contributed by atoms with Gasteiger partial charge in [0.1, 0.15) is 5.69 Å². The van der Waals surface area contributed by atoms with Crippen molar-refractivity contribution >= 4 is 34.9 Å². The van der Waals surface area contributed by atoms with Crippen molar-refractivity contribution in [2.24, 2.45) is 11.0 Å². The lowest BCUT2D eigenvalue weighted by atomic mass is 10.1. The van der Waals surface area contributed by atoms with Gasteiger partial charge in [0.05, 0.1) is 24.9 Å². The number of nitrogens with one attached hydrogen (secondary N) is 2. The van der Waals surface area contributed by atoms with E-state index in [2.05, 4.69) is 29.7 Å². The van der Waals surface area contributed by atoms with Gasteiger partial charge in [-0.15, -0.1) is 0 Å². The predicted octanol–water partition coefficient (Wildman–Crippen LogP) is 4.35. The Morgan fingerprint density at radius 2 is 2.03 bits per heavy atom. The van der Waals surface area contributed by atoms with E-state index in [1.807, 2.05) is 12.1 Å². The van der Waals surface area contributed by atoms with Crippen LogP contribution in [0.5, 0.6) is 11.5 Å². The van der Waals surface area contributed by atoms with Gasteiger partial charge in [0.15, 0.2) is 16.6 Å². The maximum Gasteiger partial charge on any atom is 0.292 e. The third-order valence-corrected chi connectivity index (χ3v) is 4.06. The molecule has 0 aromatic heterocycles. The molecule has 0 atom stereocenters. The zero-order chi connectivity index (χ0) is 21.2. The first-order valence-electron chi connectivity index (χ1n) is 9.05. The fourth-order valence-electron chi connectivity index (χ4n) is 2.34. The van der Waals surface area contributed by atoms with Gasteiger partial charge in [-0.1, -0.05) is 26.0 Å². The number of anilines is 1. The number of nitro groups is 1. The molecule has 0 aliphatic heterocycles. The van der Waals surface area contributed by atoms with Crippen LogP contribution in [0.4, 0.5) is 11.4 Å². The second-order valence-electron chi connectivity index (χ2n) is 6.54. The topological polar surface area (TPSA) is 98.0 Å². The highest BCUT2D eigenvalue weighted by Crippen LogP contribution is 2.28. The fourth-order valence-corrected chi connectivity index (χ4v) is 2.51. The number of nitro benzene ring substituents is 1. The molecular formula is C20H24N4O4S. The Balaban J connectivity index is 1.96. The molecule has 0 fully saturated rings. The summed E-state index contributed by atoms with van der Waals surface area (Å²) < 4.78 is 11.1. The van der Waals surface area contributed by atoms with Crippen molar-refractivity contribution in [3.8, 4) is 11.5 Å². The van der Waals surface area contributed by atoms with E-state index in [1.54, 1.807) is 37.6 Å². The largest absolute Gasteiger partial charge is 0.493 e. The number of para-hydroxylation sites is 2. The van der Waals surface area contributed by atoms with Crippen molar-refractivity contribution in [2.75, 3.05) is 19.0 Å². The Morgan fingerprint density at radius 3 is 2.72 bits per heavy atom. The van der Waals surface area contributed by atoms with Crippen LogP contribution >= 0.6 is 12.2 Å². The van der Waals surface area contributed by atoms with E-state index in [0.29, 0.717) is 24.0 Å². The molecule has 2 aromatic rings. The monoisotopic (exact) mass is 416 g/mol. The first kappa shape index (κ1) is 22.1. The van der Waals surface area contributed by atoms with Gasteiger partial charge in [-0.05, 0) is 54.4 Å². The third kappa shape index (κ3) is 7.04. The minimum Gasteiger partial charge on any atom is -0.493 e. The van der Waals surface area contributed by atoms with Gasteiger partial charge in [-0.25, -0.2) is 0 Å². The Labute approximate surface area is 175 Å². The van der Waals surface area contributed by atoms with E-state index in [4.69, 9.17) is 21.7 Å². The van der Waals surface area contributed by atoms with E-state index < -0.39 is 4.92 Å². The van der Waals surface area contributed by atoms with Crippen LogP contribution in [0, 0.1) is 16.0 Å². The number of nitrogens with zero attached hydrogens (tertiary/aromatic N) is 2. The van der Waals surface area contributed by atoms with E-state index in [-0.39, 0.29) is 16.5 Å². The van der Waals surface area contributed by atoms with Crippen molar-refractivity contribution in [1.29, 1.82) is 0 Å². The second kappa shape index (κ2) is 11.0. The normalized spacial score (nSPS) is 10.8. The van der Waals surface area contributed by atoms with Crippen molar-refractivity contribution in [2.45, 2.75) is 20.3 Å². The Bertz CT molecular complexity index is 887. The van der Waals surface area contributed by atoms with Crippen molar-refractivity contribution in [1.82, 2.24) is 5.43 Å². The third-order valence-electron chi connectivity index (χ3n) is 3.87. The molecule has 0 aliphatic rings. The van der Waals surface area contributed by atoms with Crippen LogP contribution in [-0.2, 0) is 0 Å². The smallest absolute Gasteiger partial charge is 0.292 e. The highest BCUT2D eigenvalue weighted by Gasteiger charge is 2.12. The lowest BCUT2D eigenvalue weighted by Crippen LogP contribution is -2.24. The second-order valence-corrected chi connectivity index (χ2v) is 6.95. The standard InChI is InChI=1S/C20H24N4O4S/c1-14(2)10-11-28-18-9-8-15(12-19(18)27-3)13-21-23-20(29)22-16-6-4-5-7-17(16)24(25)26/h4-9,12-14H,10-11H2,1-3H3,(H2,22,23,29)/b21-13-. The highest BCUT2D eigenvalue weighted by molar-refractivity contribution is 7.80. The molecule has 8 nitrogen and oxygen atoms in total. The molecule has 0 saturated heterocycles. The van der Waals surface area contributed by atoms with E-state index in [9.17, 15) is 10.1 Å². The summed E-state index contributed by atoms with van der Waals surface area (Å²) in [6.45, 7) is 4.90. The predicted molar refractivity (Wildman–Crippen MR) is 118 cm³/mol. The Kier molecular flexibility index (Phi) is 8.35. The molecule has 0 saturated carbocycles. The summed E-state index contributed by atoms with van der Waals surface area (Å²) in [6.07, 6.45) is 2.52. The zero-order valence-electron chi connectivity index (χ0n) is 16.5. The maximum absolute atomic E-state index is 11.0. The van der Waals surface area contributed by atoms with Crippen LogP contribution in [0.3, 0.4) is 0 Å². The van der Waals surface area contributed by atoms with Crippen LogP contribution in [-0.4, -0.2) is 30.0 Å². The number of ether oxygens (including phenoxy) is 2. The molecule has 2 rings (SSSR count). The summed E-state index contributed by atoms with van der Waals surface area (Å²) in [5, 5.41) is 18.0. The summed E-state index contributed by atoms with van der Waals surface area (Å²) in [6, 6.07) is 11.7. The zero-order valence-corrected chi connectivity index (χ0v) is 17.4. The molecule has 0 unspecified atom stereocenters. The molecule has 154 valence electrons. The molecule has 0 spiro atoms. The lowest BCUT2D eigenvalue weighted by molar-refractivity contribution is -0.383. The number of benzene rings is 2. The SMILES string of the molecule is COc1cc(/C=N\NC(=S)Nc2ccccc2[N+](=O)[O-])ccc1OCCC(C)C. The molecule has 2 N–H and O–H groups in total. The van der Waals surface area contributed by atoms with Crippen molar-refractivity contribution in [3.05, 3.63) is 58.1 Å². The number of hydrogen-bond acceptors (Lipinski definition) is 6. The average molecular weight is 417 g/mol. The van der Waals surface area contributed by atoms with Crippen LogP contribution in [0.15, 0.2) is 47.6 Å². The van der Waals surface area contributed by atoms with Gasteiger partial charge in [0.2, 0.25) is 0 Å². The molecule has 0 heterocycles. The minimum absolute atomic E-state index is 0.0709. The number of hydrogen-bond donors (Lipinski definition) is 2. The van der Waals surface area contributed by atoms with Crippen molar-refractivity contribution < 1.29 is 14.4 Å². The number of thiocarbonyl (C=S) groups is 1. The van der Waals surface area contributed by atoms with Gasteiger partial charge >= 0.3 is 0 Å². The van der Waals surface area contributed by atoms with Crippen molar-refractivity contribution in [3.63, 3.8) is 0 Å². The average Bonchev–Trinajstić information content (AvgIpc) is 2.68. The van der Waals surface area contributed by atoms with Gasteiger partial charge in [0, 0.05) is 6.07 Å². The molecule has 0 radical (unpaired) electrons. The number of rotatable bonds is 9. The first-order chi connectivity index (χ1) is 13.9. The van der Waals surface area contributed by atoms with Gasteiger partial charge in [0.25, 0.3) is 5.69 Å². The van der Waals surface area contributed by atoms with Gasteiger partial charge in [-0.3, -0.25) is 15.5 Å². The van der Waals surface area contributed by atoms with Gasteiger partial charge in [-0.2, -0.15) is 5.10 Å². The quantitative estimate of drug-likeness (QED) is 0.271. The van der Waals surface area contributed by atoms with Crippen LogP contribution in [0.2, 0.25) is 0 Å². The lowest BCUT2D eigenvalue weighted by Gasteiger charge is -2.12. The Hall–Kier alpha value is -3.20. The summed E-state index contributed by atoms with van der Waals surface area (Å²) in [7, 11) is 1.58. The summed E-state index contributed by atoms with van der Waals surface area (Å²) in [5.41, 5.74) is 3.63. The molecule has 0 amide bonds. The van der Waals surface area contributed by atoms with Gasteiger partial charge < -0.3 is 14.8 Å².